The first-order valence-corrected chi connectivity index (χ1v) is 7.79. The molecule has 1 aliphatic heterocycles. The van der Waals surface area contributed by atoms with Crippen molar-refractivity contribution in [1.29, 1.82) is 0 Å². The quantitative estimate of drug-likeness (QED) is 0.502. The molecule has 1 atom stereocenters. The van der Waals surface area contributed by atoms with E-state index in [0.717, 1.165) is 5.56 Å². The highest BCUT2D eigenvalue weighted by atomic mass is 32.1. The second kappa shape index (κ2) is 6.78. The van der Waals surface area contributed by atoms with Crippen LogP contribution in [0.25, 0.3) is 6.08 Å². The van der Waals surface area contributed by atoms with Gasteiger partial charge >= 0.3 is 0 Å². The van der Waals surface area contributed by atoms with Crippen LogP contribution in [0.15, 0.2) is 36.5 Å². The normalized spacial score (nSPS) is 14.2. The zero-order chi connectivity index (χ0) is 16.2. The van der Waals surface area contributed by atoms with Gasteiger partial charge in [-0.1, -0.05) is 13.0 Å². The van der Waals surface area contributed by atoms with Crippen LogP contribution in [0.3, 0.4) is 0 Å². The molecular formula is C16H17N3O3S. The van der Waals surface area contributed by atoms with Gasteiger partial charge < -0.3 is 9.47 Å². The number of thiol groups is 1. The number of benzene rings is 1. The molecule has 1 unspecified atom stereocenters. The lowest BCUT2D eigenvalue weighted by atomic mass is 10.2. The number of rotatable bonds is 5. The van der Waals surface area contributed by atoms with E-state index in [0.29, 0.717) is 23.7 Å². The van der Waals surface area contributed by atoms with E-state index in [4.69, 9.17) is 9.47 Å². The summed E-state index contributed by atoms with van der Waals surface area (Å²) in [4.78, 5) is 14.1. The van der Waals surface area contributed by atoms with E-state index in [1.165, 1.54) is 6.08 Å². The van der Waals surface area contributed by atoms with Crippen LogP contribution in [0.2, 0.25) is 0 Å². The highest BCUT2D eigenvalue weighted by molar-refractivity contribution is 7.81. The molecule has 0 saturated heterocycles. The molecular weight excluding hydrogens is 314 g/mol. The number of carbonyl (C=O) groups excluding carboxylic acids is 1. The fourth-order valence-corrected chi connectivity index (χ4v) is 2.48. The molecule has 23 heavy (non-hydrogen) atoms. The van der Waals surface area contributed by atoms with Crippen molar-refractivity contribution in [2.24, 2.45) is 0 Å². The first-order chi connectivity index (χ1) is 11.2. The van der Waals surface area contributed by atoms with Crippen molar-refractivity contribution >= 4 is 30.4 Å². The van der Waals surface area contributed by atoms with Crippen molar-refractivity contribution in [3.63, 3.8) is 0 Å². The summed E-state index contributed by atoms with van der Waals surface area (Å²) in [5.74, 6) is 1.77. The van der Waals surface area contributed by atoms with E-state index in [-0.39, 0.29) is 18.1 Å². The highest BCUT2D eigenvalue weighted by Crippen LogP contribution is 2.32. The van der Waals surface area contributed by atoms with Gasteiger partial charge in [0.2, 0.25) is 6.79 Å². The van der Waals surface area contributed by atoms with Crippen LogP contribution in [-0.2, 0) is 4.79 Å². The van der Waals surface area contributed by atoms with Gasteiger partial charge in [-0.3, -0.25) is 14.8 Å². The zero-order valence-electron chi connectivity index (χ0n) is 12.6. The molecule has 0 radical (unpaired) electrons. The van der Waals surface area contributed by atoms with Gasteiger partial charge in [0.05, 0.1) is 5.37 Å². The highest BCUT2D eigenvalue weighted by Gasteiger charge is 2.21. The third-order valence-corrected chi connectivity index (χ3v) is 4.04. The fourth-order valence-electron chi connectivity index (χ4n) is 2.25. The molecule has 1 aromatic heterocycles. The lowest BCUT2D eigenvalue weighted by Gasteiger charge is -2.24. The van der Waals surface area contributed by atoms with Gasteiger partial charge in [-0.25, -0.2) is 0 Å². The van der Waals surface area contributed by atoms with Crippen molar-refractivity contribution < 1.29 is 14.3 Å². The summed E-state index contributed by atoms with van der Waals surface area (Å²) in [5.41, 5.74) is 0.858. The summed E-state index contributed by atoms with van der Waals surface area (Å²) >= 11 is 4.46. The van der Waals surface area contributed by atoms with Crippen LogP contribution in [-0.4, -0.2) is 28.3 Å². The second-order valence-corrected chi connectivity index (χ2v) is 5.57. The van der Waals surface area contributed by atoms with Crippen molar-refractivity contribution in [2.45, 2.75) is 18.7 Å². The van der Waals surface area contributed by atoms with Gasteiger partial charge in [0.25, 0.3) is 5.91 Å². The van der Waals surface area contributed by atoms with Crippen LogP contribution < -0.4 is 14.4 Å². The van der Waals surface area contributed by atoms with Gasteiger partial charge in [0.15, 0.2) is 17.3 Å². The Morgan fingerprint density at radius 3 is 3.00 bits per heavy atom. The number of nitrogens with one attached hydrogen (secondary N) is 1. The average molecular weight is 331 g/mol. The minimum absolute atomic E-state index is 0.184. The molecule has 1 aromatic carbocycles. The molecule has 0 spiro atoms. The molecule has 2 aromatic rings. The number of anilines is 1. The van der Waals surface area contributed by atoms with Crippen molar-refractivity contribution in [3.05, 3.63) is 42.1 Å². The van der Waals surface area contributed by atoms with Gasteiger partial charge in [-0.15, -0.1) is 0 Å². The summed E-state index contributed by atoms with van der Waals surface area (Å²) in [6.07, 6.45) is 5.62. The van der Waals surface area contributed by atoms with Crippen LogP contribution in [0, 0.1) is 0 Å². The summed E-state index contributed by atoms with van der Waals surface area (Å²) in [6.45, 7) is 2.19. The number of hydrogen-bond acceptors (Lipinski definition) is 5. The Morgan fingerprint density at radius 1 is 1.43 bits per heavy atom. The Balaban J connectivity index is 1.78. The number of H-pyrrole nitrogens is 1. The van der Waals surface area contributed by atoms with Gasteiger partial charge in [0, 0.05) is 18.3 Å². The third kappa shape index (κ3) is 3.34. The topological polar surface area (TPSA) is 67.5 Å². The standard InChI is InChI=1S/C16H17N3O3S/c1-2-16(23)19(14-7-8-17-18-14)15(20)6-4-11-3-5-12-13(9-11)22-10-21-12/h3-9,16,23H,2,10H2,1H3,(H,17,18)/b6-4+. The zero-order valence-corrected chi connectivity index (χ0v) is 13.5. The number of amides is 1. The number of ether oxygens (including phenoxy) is 2. The van der Waals surface area contributed by atoms with Crippen molar-refractivity contribution in [2.75, 3.05) is 11.7 Å². The molecule has 1 N–H and O–H groups in total. The number of aromatic amines is 1. The summed E-state index contributed by atoms with van der Waals surface area (Å²) in [7, 11) is 0. The smallest absolute Gasteiger partial charge is 0.253 e. The molecule has 0 aliphatic carbocycles. The molecule has 2 heterocycles. The largest absolute Gasteiger partial charge is 0.454 e. The number of nitrogens with zero attached hydrogens (tertiary/aromatic N) is 2. The van der Waals surface area contributed by atoms with Crippen LogP contribution in [0.1, 0.15) is 18.9 Å². The van der Waals surface area contributed by atoms with E-state index < -0.39 is 0 Å². The van der Waals surface area contributed by atoms with Crippen LogP contribution in [0.5, 0.6) is 11.5 Å². The molecule has 1 amide bonds. The van der Waals surface area contributed by atoms with Gasteiger partial charge in [-0.05, 0) is 30.2 Å². The minimum Gasteiger partial charge on any atom is -0.454 e. The van der Waals surface area contributed by atoms with E-state index in [1.54, 1.807) is 23.2 Å². The maximum Gasteiger partial charge on any atom is 0.253 e. The number of fused-ring (bicyclic) bond motifs is 1. The minimum atomic E-state index is -0.243. The van der Waals surface area contributed by atoms with Crippen molar-refractivity contribution in [1.82, 2.24) is 10.2 Å². The lowest BCUT2D eigenvalue weighted by molar-refractivity contribution is -0.114. The maximum absolute atomic E-state index is 12.5. The van der Waals surface area contributed by atoms with E-state index in [2.05, 4.69) is 22.8 Å². The van der Waals surface area contributed by atoms with Crippen molar-refractivity contribution in [3.8, 4) is 11.5 Å². The predicted molar refractivity (Wildman–Crippen MR) is 90.7 cm³/mol. The lowest BCUT2D eigenvalue weighted by Crippen LogP contribution is -2.36. The van der Waals surface area contributed by atoms with E-state index in [9.17, 15) is 4.79 Å². The second-order valence-electron chi connectivity index (χ2n) is 4.98. The Hall–Kier alpha value is -2.41. The summed E-state index contributed by atoms with van der Waals surface area (Å²) < 4.78 is 10.6. The predicted octanol–water partition coefficient (Wildman–Crippen LogP) is 2.85. The molecule has 1 aliphatic rings. The number of hydrogen-bond donors (Lipinski definition) is 2. The summed E-state index contributed by atoms with van der Waals surface area (Å²) in [5, 5.41) is 6.54. The monoisotopic (exact) mass is 331 g/mol. The fraction of sp³-hybridized carbons (Fsp3) is 0.250. The first-order valence-electron chi connectivity index (χ1n) is 7.28. The molecule has 6 nitrogen and oxygen atoms in total. The average Bonchev–Trinajstić information content (AvgIpc) is 3.23. The molecule has 0 fully saturated rings. The summed E-state index contributed by atoms with van der Waals surface area (Å²) in [6, 6.07) is 7.27. The maximum atomic E-state index is 12.5. The van der Waals surface area contributed by atoms with E-state index >= 15 is 0 Å². The van der Waals surface area contributed by atoms with Crippen LogP contribution in [0.4, 0.5) is 5.82 Å². The Labute approximate surface area is 139 Å². The molecule has 0 bridgehead atoms. The Morgan fingerprint density at radius 2 is 2.26 bits per heavy atom. The Bertz CT molecular complexity index is 715. The van der Waals surface area contributed by atoms with Crippen LogP contribution >= 0.6 is 12.6 Å². The Kier molecular flexibility index (Phi) is 4.57. The number of aromatic nitrogens is 2. The van der Waals surface area contributed by atoms with Gasteiger partial charge in [0.1, 0.15) is 0 Å². The van der Waals surface area contributed by atoms with Gasteiger partial charge in [-0.2, -0.15) is 17.7 Å². The molecule has 7 heteroatoms. The molecule has 120 valence electrons. The molecule has 0 saturated carbocycles. The first kappa shape index (κ1) is 15.5. The van der Waals surface area contributed by atoms with E-state index in [1.807, 2.05) is 25.1 Å². The SMILES string of the molecule is CCC(S)N(C(=O)/C=C/c1ccc2c(c1)OCO2)c1cc[nH]n1. The number of carbonyl (C=O) groups is 1. The molecule has 3 rings (SSSR count). The third-order valence-electron chi connectivity index (χ3n) is 3.45.